The fraction of sp³-hybridized carbons (Fsp3) is 0.636. The van der Waals surface area contributed by atoms with Crippen molar-refractivity contribution in [2.24, 2.45) is 0 Å². The maximum absolute atomic E-state index is 11.3. The number of unbranched alkanes of at least 4 members (excludes halogenated alkanes) is 11. The van der Waals surface area contributed by atoms with Crippen LogP contribution in [0.15, 0.2) is 66.7 Å². The Balaban J connectivity index is 0. The van der Waals surface area contributed by atoms with Gasteiger partial charge >= 0.3 is 0 Å². The number of Topliss-reactive ketones (excluding diaryl/α,β-unsaturated/α-hetero) is 2. The van der Waals surface area contributed by atoms with Crippen LogP contribution in [0.3, 0.4) is 0 Å². The van der Waals surface area contributed by atoms with E-state index >= 15 is 0 Å². The lowest BCUT2D eigenvalue weighted by Gasteiger charge is -2.18. The Hall–Kier alpha value is -3.00. The summed E-state index contributed by atoms with van der Waals surface area (Å²) < 4.78 is 0. The van der Waals surface area contributed by atoms with Crippen LogP contribution in [0.25, 0.3) is 0 Å². The molecule has 1 unspecified atom stereocenters. The van der Waals surface area contributed by atoms with Crippen LogP contribution in [-0.2, 0) is 41.7 Å². The van der Waals surface area contributed by atoms with Gasteiger partial charge in [-0.05, 0) is 91.7 Å². The van der Waals surface area contributed by atoms with Crippen molar-refractivity contribution >= 4 is 11.6 Å². The summed E-state index contributed by atoms with van der Waals surface area (Å²) >= 11 is 0. The average molecular weight is 785 g/mol. The summed E-state index contributed by atoms with van der Waals surface area (Å²) in [5, 5.41) is 0. The third-order valence-electron chi connectivity index (χ3n) is 10.6. The normalized spacial score (nSPS) is 10.8. The predicted octanol–water partition coefficient (Wildman–Crippen LogP) is 17.1. The van der Waals surface area contributed by atoms with Gasteiger partial charge in [-0.25, -0.2) is 0 Å². The maximum Gasteiger partial charge on any atom is 0.132 e. The van der Waals surface area contributed by atoms with Crippen LogP contribution < -0.4 is 0 Å². The smallest absolute Gasteiger partial charge is 0.132 e. The zero-order chi connectivity index (χ0) is 41.8. The molecule has 0 fully saturated rings. The first-order valence-electron chi connectivity index (χ1n) is 23.3. The number of aryl methyl sites for hydroxylation is 5. The van der Waals surface area contributed by atoms with Crippen molar-refractivity contribution in [3.05, 3.63) is 106 Å². The SMILES string of the molecule is C.CCC(=O)CC.CCCCCCCCCCCCC.CCCCc1ccc(C)cc1.CCCc1ccc(CC(C)c2ccc(CCC(C)=O)cc2CCC)cc1. The van der Waals surface area contributed by atoms with Gasteiger partial charge in [0.2, 0.25) is 0 Å². The van der Waals surface area contributed by atoms with Gasteiger partial charge in [0, 0.05) is 19.3 Å². The van der Waals surface area contributed by atoms with Crippen molar-refractivity contribution in [3.63, 3.8) is 0 Å². The average Bonchev–Trinajstić information content (AvgIpc) is 3.20. The first-order chi connectivity index (χ1) is 27.1. The van der Waals surface area contributed by atoms with Crippen LogP contribution >= 0.6 is 0 Å². The van der Waals surface area contributed by atoms with Crippen LogP contribution in [0.4, 0.5) is 0 Å². The zero-order valence-corrected chi connectivity index (χ0v) is 38.5. The Labute approximate surface area is 355 Å². The Morgan fingerprint density at radius 2 is 0.930 bits per heavy atom. The van der Waals surface area contributed by atoms with Crippen LogP contribution in [0.5, 0.6) is 0 Å². The fourth-order valence-electron chi connectivity index (χ4n) is 6.82. The molecule has 0 aliphatic carbocycles. The molecule has 0 aliphatic heterocycles. The molecule has 2 heteroatoms. The molecule has 0 saturated carbocycles. The van der Waals surface area contributed by atoms with E-state index in [4.69, 9.17) is 0 Å². The van der Waals surface area contributed by atoms with Crippen molar-refractivity contribution in [2.75, 3.05) is 0 Å². The molecule has 0 spiro atoms. The Morgan fingerprint density at radius 3 is 1.37 bits per heavy atom. The number of ketones is 2. The molecule has 1 atom stereocenters. The van der Waals surface area contributed by atoms with Crippen LogP contribution in [0, 0.1) is 6.92 Å². The number of hydrogen-bond donors (Lipinski definition) is 0. The lowest BCUT2D eigenvalue weighted by molar-refractivity contribution is -0.118. The number of carbonyl (C=O) groups excluding carboxylic acids is 2. The van der Waals surface area contributed by atoms with E-state index in [1.807, 2.05) is 13.8 Å². The highest BCUT2D eigenvalue weighted by Gasteiger charge is 2.13. The third kappa shape index (κ3) is 30.7. The van der Waals surface area contributed by atoms with Gasteiger partial charge in [0.15, 0.2) is 0 Å². The van der Waals surface area contributed by atoms with E-state index in [1.165, 1.54) is 135 Å². The van der Waals surface area contributed by atoms with Gasteiger partial charge in [0.1, 0.15) is 11.6 Å². The molecule has 324 valence electrons. The van der Waals surface area contributed by atoms with Crippen molar-refractivity contribution in [1.29, 1.82) is 0 Å². The summed E-state index contributed by atoms with van der Waals surface area (Å²) in [5.41, 5.74) is 9.90. The molecule has 0 amide bonds. The minimum atomic E-state index is 0. The highest BCUT2D eigenvalue weighted by molar-refractivity contribution is 5.77. The van der Waals surface area contributed by atoms with Gasteiger partial charge in [0.25, 0.3) is 0 Å². The van der Waals surface area contributed by atoms with Gasteiger partial charge in [-0.2, -0.15) is 0 Å². The van der Waals surface area contributed by atoms with E-state index in [0.717, 1.165) is 32.1 Å². The number of rotatable bonds is 25. The van der Waals surface area contributed by atoms with E-state index in [1.54, 1.807) is 6.92 Å². The molecule has 3 aromatic rings. The largest absolute Gasteiger partial charge is 0.300 e. The highest BCUT2D eigenvalue weighted by atomic mass is 16.1. The molecule has 57 heavy (non-hydrogen) atoms. The third-order valence-corrected chi connectivity index (χ3v) is 10.6. The second kappa shape index (κ2) is 38.5. The highest BCUT2D eigenvalue weighted by Crippen LogP contribution is 2.27. The molecule has 3 aromatic carbocycles. The number of carbonyl (C=O) groups is 2. The van der Waals surface area contributed by atoms with E-state index in [9.17, 15) is 9.59 Å². The van der Waals surface area contributed by atoms with Crippen molar-refractivity contribution in [3.8, 4) is 0 Å². The summed E-state index contributed by atoms with van der Waals surface area (Å²) in [6.45, 7) is 21.2. The Morgan fingerprint density at radius 1 is 0.491 bits per heavy atom. The maximum atomic E-state index is 11.3. The molecule has 0 bridgehead atoms. The minimum absolute atomic E-state index is 0. The first-order valence-corrected chi connectivity index (χ1v) is 23.3. The molecule has 0 radical (unpaired) electrons. The van der Waals surface area contributed by atoms with Crippen molar-refractivity contribution in [2.45, 2.75) is 230 Å². The first kappa shape index (κ1) is 56.1. The molecule has 0 N–H and O–H groups in total. The molecular weight excluding hydrogens is 693 g/mol. The van der Waals surface area contributed by atoms with Gasteiger partial charge < -0.3 is 4.79 Å². The van der Waals surface area contributed by atoms with Crippen LogP contribution in [0.2, 0.25) is 0 Å². The second-order valence-electron chi connectivity index (χ2n) is 16.2. The summed E-state index contributed by atoms with van der Waals surface area (Å²) in [4.78, 5) is 21.5. The van der Waals surface area contributed by atoms with E-state index in [0.29, 0.717) is 31.0 Å². The summed E-state index contributed by atoms with van der Waals surface area (Å²) in [6, 6.07) is 24.8. The molecule has 0 saturated heterocycles. The molecule has 0 aromatic heterocycles. The standard InChI is InChI=1S/C25H34O.C13H28.C11H16.C5H10O.CH4/c1-5-7-21-11-13-22(14-12-21)17-19(3)25-16-15-23(10-9-20(4)26)18-24(25)8-6-2;1-3-5-7-9-11-13-12-10-8-6-4-2;1-3-4-5-11-8-6-10(2)7-9-11;1-3-5(6)4-2;/h11-16,18-19H,5-10,17H2,1-4H3;3-13H2,1-2H3;6-9H,3-5H2,1-2H3;3-4H2,1-2H3;1H4. The molecular formula is C55H92O2. The van der Waals surface area contributed by atoms with Crippen molar-refractivity contribution in [1.82, 2.24) is 0 Å². The van der Waals surface area contributed by atoms with Gasteiger partial charge in [-0.15, -0.1) is 0 Å². The zero-order valence-electron chi connectivity index (χ0n) is 38.5. The lowest BCUT2D eigenvalue weighted by atomic mass is 9.87. The lowest BCUT2D eigenvalue weighted by Crippen LogP contribution is -2.05. The minimum Gasteiger partial charge on any atom is -0.300 e. The topological polar surface area (TPSA) is 34.1 Å². The molecule has 3 rings (SSSR count). The monoisotopic (exact) mass is 785 g/mol. The fourth-order valence-corrected chi connectivity index (χ4v) is 6.82. The van der Waals surface area contributed by atoms with Crippen molar-refractivity contribution < 1.29 is 9.59 Å². The van der Waals surface area contributed by atoms with Gasteiger partial charge in [0.05, 0.1) is 0 Å². The molecule has 0 aliphatic rings. The van der Waals surface area contributed by atoms with E-state index in [-0.39, 0.29) is 13.2 Å². The van der Waals surface area contributed by atoms with Gasteiger partial charge in [-0.1, -0.05) is 225 Å². The van der Waals surface area contributed by atoms with Gasteiger partial charge in [-0.3, -0.25) is 4.79 Å². The molecule has 2 nitrogen and oxygen atoms in total. The summed E-state index contributed by atoms with van der Waals surface area (Å²) in [7, 11) is 0. The van der Waals surface area contributed by atoms with Crippen LogP contribution in [-0.4, -0.2) is 11.6 Å². The molecule has 0 heterocycles. The number of benzene rings is 3. The number of hydrogen-bond acceptors (Lipinski definition) is 2. The second-order valence-corrected chi connectivity index (χ2v) is 16.2. The van der Waals surface area contributed by atoms with E-state index in [2.05, 4.69) is 115 Å². The predicted molar refractivity (Wildman–Crippen MR) is 256 cm³/mol. The summed E-state index contributed by atoms with van der Waals surface area (Å²) in [6.07, 6.45) is 28.4. The Bertz CT molecular complexity index is 1330. The summed E-state index contributed by atoms with van der Waals surface area (Å²) in [5.74, 6) is 1.12. The Kier molecular flexibility index (Phi) is 37.9. The van der Waals surface area contributed by atoms with E-state index < -0.39 is 0 Å². The quantitative estimate of drug-likeness (QED) is 0.0802. The van der Waals surface area contributed by atoms with Crippen LogP contribution in [0.1, 0.15) is 230 Å².